The van der Waals surface area contributed by atoms with Crippen LogP contribution in [0.5, 0.6) is 0 Å². The lowest BCUT2D eigenvalue weighted by atomic mass is 10.3. The first-order valence-electron chi connectivity index (χ1n) is 3.50. The topological polar surface area (TPSA) is 38.1 Å². The van der Waals surface area contributed by atoms with Gasteiger partial charge in [0.2, 0.25) is 0 Å². The molecule has 0 aliphatic carbocycles. The molecule has 11 heavy (non-hydrogen) atoms. The van der Waals surface area contributed by atoms with Gasteiger partial charge in [0, 0.05) is 28.9 Å². The van der Waals surface area contributed by atoms with Gasteiger partial charge in [-0.2, -0.15) is 0 Å². The highest BCUT2D eigenvalue weighted by atomic mass is 79.9. The molecule has 0 radical (unpaired) electrons. The van der Waals surface area contributed by atoms with Gasteiger partial charge in [0.25, 0.3) is 4.80 Å². The minimum Gasteiger partial charge on any atom is -0.436 e. The second-order valence-corrected chi connectivity index (χ2v) is 3.01. The van der Waals surface area contributed by atoms with Crippen LogP contribution in [-0.4, -0.2) is 18.6 Å². The molecule has 0 saturated heterocycles. The Kier molecular flexibility index (Phi) is 3.08. The summed E-state index contributed by atoms with van der Waals surface area (Å²) in [6.45, 7) is 2.86. The number of aromatic nitrogens is 1. The van der Waals surface area contributed by atoms with E-state index in [0.29, 0.717) is 4.80 Å². The molecule has 1 N–H and O–H groups in total. The van der Waals surface area contributed by atoms with E-state index >= 15 is 0 Å². The van der Waals surface area contributed by atoms with E-state index in [1.807, 2.05) is 14.0 Å². The average molecular weight is 219 g/mol. The maximum Gasteiger partial charge on any atom is 0.264 e. The molecule has 0 spiro atoms. The van der Waals surface area contributed by atoms with E-state index in [1.165, 1.54) is 0 Å². The zero-order valence-electron chi connectivity index (χ0n) is 6.65. The predicted octanol–water partition coefficient (Wildman–Crippen LogP) is 1.51. The fourth-order valence-corrected chi connectivity index (χ4v) is 1.32. The van der Waals surface area contributed by atoms with E-state index in [0.717, 1.165) is 24.4 Å². The van der Waals surface area contributed by atoms with Crippen LogP contribution < -0.4 is 5.32 Å². The molecule has 0 saturated carbocycles. The van der Waals surface area contributed by atoms with Crippen LogP contribution in [0.3, 0.4) is 0 Å². The highest BCUT2D eigenvalue weighted by molar-refractivity contribution is 9.10. The van der Waals surface area contributed by atoms with Gasteiger partial charge in [-0.25, -0.2) is 4.98 Å². The summed E-state index contributed by atoms with van der Waals surface area (Å²) in [5.41, 5.74) is 0.965. The molecule has 1 aromatic rings. The molecule has 0 aromatic carbocycles. The molecule has 1 rings (SSSR count). The van der Waals surface area contributed by atoms with Crippen molar-refractivity contribution in [2.75, 3.05) is 13.6 Å². The number of likely N-dealkylation sites (N-methyl/N-ethyl adjacent to an activating group) is 1. The average Bonchev–Trinajstić information content (AvgIpc) is 2.26. The number of rotatable bonds is 3. The molecular formula is C7H11BrN2O. The van der Waals surface area contributed by atoms with Gasteiger partial charge in [0.15, 0.2) is 0 Å². The summed E-state index contributed by atoms with van der Waals surface area (Å²) in [5.74, 6) is 0.950. The zero-order valence-corrected chi connectivity index (χ0v) is 8.23. The van der Waals surface area contributed by atoms with Gasteiger partial charge in [0.1, 0.15) is 5.76 Å². The van der Waals surface area contributed by atoms with Gasteiger partial charge in [-0.15, -0.1) is 0 Å². The lowest BCUT2D eigenvalue weighted by molar-refractivity contribution is 0.475. The van der Waals surface area contributed by atoms with Crippen LogP contribution in [0.4, 0.5) is 0 Å². The molecule has 0 atom stereocenters. The molecule has 0 aliphatic heterocycles. The van der Waals surface area contributed by atoms with Gasteiger partial charge >= 0.3 is 0 Å². The van der Waals surface area contributed by atoms with E-state index in [1.54, 1.807) is 0 Å². The molecular weight excluding hydrogens is 208 g/mol. The van der Waals surface area contributed by atoms with Crippen LogP contribution in [0, 0.1) is 6.92 Å². The summed E-state index contributed by atoms with van der Waals surface area (Å²) in [4.78, 5) is 4.66. The van der Waals surface area contributed by atoms with Crippen molar-refractivity contribution in [1.82, 2.24) is 10.3 Å². The first-order valence-corrected chi connectivity index (χ1v) is 4.29. The lowest BCUT2D eigenvalue weighted by Crippen LogP contribution is -2.10. The molecule has 0 bridgehead atoms. The minimum atomic E-state index is 0.570. The van der Waals surface area contributed by atoms with Crippen LogP contribution in [0.1, 0.15) is 11.5 Å². The van der Waals surface area contributed by atoms with Crippen molar-refractivity contribution in [3.05, 3.63) is 16.3 Å². The molecule has 0 fully saturated rings. The van der Waals surface area contributed by atoms with E-state index < -0.39 is 0 Å². The van der Waals surface area contributed by atoms with Crippen LogP contribution in [-0.2, 0) is 6.42 Å². The number of nitrogens with one attached hydrogen (secondary N) is 1. The molecule has 1 aromatic heterocycles. The Morgan fingerprint density at radius 3 is 2.82 bits per heavy atom. The van der Waals surface area contributed by atoms with Crippen LogP contribution >= 0.6 is 15.9 Å². The SMILES string of the molecule is CNCCc1oc(Br)nc1C. The third-order valence-electron chi connectivity index (χ3n) is 1.47. The van der Waals surface area contributed by atoms with Crippen molar-refractivity contribution in [1.29, 1.82) is 0 Å². The van der Waals surface area contributed by atoms with Gasteiger partial charge in [-0.3, -0.25) is 0 Å². The van der Waals surface area contributed by atoms with Crippen molar-refractivity contribution < 1.29 is 4.42 Å². The first-order chi connectivity index (χ1) is 5.24. The number of oxazole rings is 1. The van der Waals surface area contributed by atoms with Crippen molar-refractivity contribution in [3.8, 4) is 0 Å². The highest BCUT2D eigenvalue weighted by Gasteiger charge is 2.05. The number of aryl methyl sites for hydroxylation is 1. The third-order valence-corrected chi connectivity index (χ3v) is 1.81. The van der Waals surface area contributed by atoms with Crippen molar-refractivity contribution in [2.45, 2.75) is 13.3 Å². The summed E-state index contributed by atoms with van der Waals surface area (Å²) in [6, 6.07) is 0. The van der Waals surface area contributed by atoms with Crippen molar-refractivity contribution >= 4 is 15.9 Å². The molecule has 0 amide bonds. The second kappa shape index (κ2) is 3.88. The second-order valence-electron chi connectivity index (χ2n) is 2.33. The van der Waals surface area contributed by atoms with Gasteiger partial charge < -0.3 is 9.73 Å². The Bertz CT molecular complexity index is 234. The minimum absolute atomic E-state index is 0.570. The monoisotopic (exact) mass is 218 g/mol. The fraction of sp³-hybridized carbons (Fsp3) is 0.571. The molecule has 4 heteroatoms. The largest absolute Gasteiger partial charge is 0.436 e. The Hall–Kier alpha value is -0.350. The third kappa shape index (κ3) is 2.31. The van der Waals surface area contributed by atoms with E-state index in [2.05, 4.69) is 26.2 Å². The maximum absolute atomic E-state index is 5.28. The van der Waals surface area contributed by atoms with E-state index in [4.69, 9.17) is 4.42 Å². The lowest BCUT2D eigenvalue weighted by Gasteiger charge is -1.94. The Labute approximate surface area is 74.3 Å². The van der Waals surface area contributed by atoms with Crippen molar-refractivity contribution in [2.24, 2.45) is 0 Å². The Morgan fingerprint density at radius 2 is 2.36 bits per heavy atom. The van der Waals surface area contributed by atoms with Crippen LogP contribution in [0.15, 0.2) is 9.22 Å². The highest BCUT2D eigenvalue weighted by Crippen LogP contribution is 2.14. The normalized spacial score (nSPS) is 10.5. The molecule has 0 unspecified atom stereocenters. The zero-order chi connectivity index (χ0) is 8.27. The predicted molar refractivity (Wildman–Crippen MR) is 46.6 cm³/mol. The van der Waals surface area contributed by atoms with Gasteiger partial charge in [0.05, 0.1) is 5.69 Å². The van der Waals surface area contributed by atoms with Crippen LogP contribution in [0.2, 0.25) is 0 Å². The fourth-order valence-electron chi connectivity index (χ4n) is 0.863. The summed E-state index contributed by atoms with van der Waals surface area (Å²) < 4.78 is 5.28. The number of nitrogens with zero attached hydrogens (tertiary/aromatic N) is 1. The Balaban J connectivity index is 2.62. The number of hydrogen-bond donors (Lipinski definition) is 1. The quantitative estimate of drug-likeness (QED) is 0.837. The molecule has 0 aliphatic rings. The summed E-state index contributed by atoms with van der Waals surface area (Å²) in [7, 11) is 1.92. The van der Waals surface area contributed by atoms with Crippen LogP contribution in [0.25, 0.3) is 0 Å². The van der Waals surface area contributed by atoms with Crippen molar-refractivity contribution in [3.63, 3.8) is 0 Å². The smallest absolute Gasteiger partial charge is 0.264 e. The number of hydrogen-bond acceptors (Lipinski definition) is 3. The molecule has 1 heterocycles. The number of halogens is 1. The van der Waals surface area contributed by atoms with E-state index in [-0.39, 0.29) is 0 Å². The summed E-state index contributed by atoms with van der Waals surface area (Å²) in [6.07, 6.45) is 0.890. The maximum atomic E-state index is 5.28. The van der Waals surface area contributed by atoms with E-state index in [9.17, 15) is 0 Å². The summed E-state index contributed by atoms with van der Waals surface area (Å²) in [5, 5.41) is 3.05. The first kappa shape index (κ1) is 8.74. The summed E-state index contributed by atoms with van der Waals surface area (Å²) >= 11 is 3.18. The standard InChI is InChI=1S/C7H11BrN2O/c1-5-6(3-4-9-2)11-7(8)10-5/h9H,3-4H2,1-2H3. The van der Waals surface area contributed by atoms with Gasteiger partial charge in [-0.05, 0) is 14.0 Å². The molecule has 3 nitrogen and oxygen atoms in total. The Morgan fingerprint density at radius 1 is 1.64 bits per heavy atom. The van der Waals surface area contributed by atoms with Gasteiger partial charge in [-0.1, -0.05) is 0 Å². The molecule has 62 valence electrons.